The molecule has 1 heterocycles. The quantitative estimate of drug-likeness (QED) is 0.520. The van der Waals surface area contributed by atoms with Gasteiger partial charge in [-0.2, -0.15) is 0 Å². The Morgan fingerprint density at radius 2 is 1.73 bits per heavy atom. The van der Waals surface area contributed by atoms with Crippen molar-refractivity contribution in [1.29, 1.82) is 0 Å². The minimum absolute atomic E-state index is 0.0520. The summed E-state index contributed by atoms with van der Waals surface area (Å²) in [6.45, 7) is 2.03. The predicted octanol–water partition coefficient (Wildman–Crippen LogP) is 3.44. The molecule has 0 saturated heterocycles. The molecule has 7 nitrogen and oxygen atoms in total. The van der Waals surface area contributed by atoms with Crippen molar-refractivity contribution in [2.45, 2.75) is 32.4 Å². The lowest BCUT2D eigenvalue weighted by atomic mass is 10.1. The van der Waals surface area contributed by atoms with Gasteiger partial charge < -0.3 is 15.4 Å². The molecule has 0 bridgehead atoms. The van der Waals surface area contributed by atoms with E-state index in [2.05, 4.69) is 33.0 Å². The summed E-state index contributed by atoms with van der Waals surface area (Å²) in [5, 5.41) is 14.3. The number of aromatic nitrogens is 2. The first-order valence-corrected chi connectivity index (χ1v) is 10.5. The maximum atomic E-state index is 12.2. The summed E-state index contributed by atoms with van der Waals surface area (Å²) < 4.78 is 5.42. The Hall–Kier alpha value is -3.10. The van der Waals surface area contributed by atoms with Crippen molar-refractivity contribution in [1.82, 2.24) is 15.5 Å². The van der Waals surface area contributed by atoms with E-state index in [1.54, 1.807) is 12.1 Å². The van der Waals surface area contributed by atoms with E-state index in [1.165, 1.54) is 5.56 Å². The molecule has 30 heavy (non-hydrogen) atoms. The number of hydrogen-bond acceptors (Lipinski definition) is 6. The second-order valence-corrected chi connectivity index (χ2v) is 7.87. The number of ether oxygens (including phenoxy) is 1. The first-order valence-electron chi connectivity index (χ1n) is 9.70. The summed E-state index contributed by atoms with van der Waals surface area (Å²) in [4.78, 5) is 24.2. The van der Waals surface area contributed by atoms with Crippen molar-refractivity contribution < 1.29 is 14.3 Å². The van der Waals surface area contributed by atoms with Gasteiger partial charge in [-0.25, -0.2) is 0 Å². The molecule has 1 aromatic heterocycles. The number of carbonyl (C=O) groups is 2. The number of amides is 2. The van der Waals surface area contributed by atoms with Crippen molar-refractivity contribution in [3.63, 3.8) is 0 Å². The van der Waals surface area contributed by atoms with Gasteiger partial charge in [0.25, 0.3) is 5.91 Å². The predicted molar refractivity (Wildman–Crippen MR) is 116 cm³/mol. The number of nitrogens with zero attached hydrogens (tertiary/aromatic N) is 2. The van der Waals surface area contributed by atoms with Crippen LogP contribution in [0, 0.1) is 0 Å². The summed E-state index contributed by atoms with van der Waals surface area (Å²) in [5.41, 5.74) is 1.94. The number of rotatable bonds is 10. The summed E-state index contributed by atoms with van der Waals surface area (Å²) >= 11 is 1.14. The van der Waals surface area contributed by atoms with Crippen LogP contribution in [0.1, 0.15) is 33.7 Å². The SMILES string of the molecule is C[C@@H](CCc1ccccc1)NC(=O)COCc1nnc(C(=O)Nc2ccccc2)s1. The number of benzene rings is 2. The van der Waals surface area contributed by atoms with E-state index in [1.807, 2.05) is 43.3 Å². The molecule has 0 aliphatic rings. The van der Waals surface area contributed by atoms with Crippen LogP contribution in [-0.4, -0.2) is 34.7 Å². The zero-order valence-corrected chi connectivity index (χ0v) is 17.5. The van der Waals surface area contributed by atoms with Crippen molar-refractivity contribution in [3.8, 4) is 0 Å². The Morgan fingerprint density at radius 3 is 2.47 bits per heavy atom. The van der Waals surface area contributed by atoms with Gasteiger partial charge in [0, 0.05) is 11.7 Å². The van der Waals surface area contributed by atoms with Crippen LogP contribution in [0.4, 0.5) is 5.69 Å². The molecule has 1 atom stereocenters. The fraction of sp³-hybridized carbons (Fsp3) is 0.273. The zero-order valence-electron chi connectivity index (χ0n) is 16.7. The lowest BCUT2D eigenvalue weighted by Gasteiger charge is -2.13. The van der Waals surface area contributed by atoms with Crippen LogP contribution in [0.3, 0.4) is 0 Å². The van der Waals surface area contributed by atoms with Gasteiger partial charge in [0.05, 0.1) is 0 Å². The van der Waals surface area contributed by atoms with Crippen LogP contribution in [0.2, 0.25) is 0 Å². The molecule has 0 radical (unpaired) electrons. The highest BCUT2D eigenvalue weighted by Gasteiger charge is 2.14. The van der Waals surface area contributed by atoms with Gasteiger partial charge in [-0.05, 0) is 37.5 Å². The molecular weight excluding hydrogens is 400 g/mol. The second kappa shape index (κ2) is 11.2. The summed E-state index contributed by atoms with van der Waals surface area (Å²) in [6, 6.07) is 19.3. The first kappa shape index (κ1) is 21.6. The highest BCUT2D eigenvalue weighted by atomic mass is 32.1. The number of aryl methyl sites for hydroxylation is 1. The van der Waals surface area contributed by atoms with Crippen LogP contribution in [-0.2, 0) is 22.6 Å². The molecule has 0 aliphatic carbocycles. The number of para-hydroxylation sites is 1. The normalized spacial score (nSPS) is 11.6. The Bertz CT molecular complexity index is 947. The second-order valence-electron chi connectivity index (χ2n) is 6.81. The molecule has 2 amide bonds. The van der Waals surface area contributed by atoms with E-state index in [4.69, 9.17) is 4.74 Å². The zero-order chi connectivity index (χ0) is 21.2. The smallest absolute Gasteiger partial charge is 0.286 e. The largest absolute Gasteiger partial charge is 0.364 e. The maximum Gasteiger partial charge on any atom is 0.286 e. The minimum atomic E-state index is -0.324. The van der Waals surface area contributed by atoms with Gasteiger partial charge in [-0.1, -0.05) is 59.9 Å². The number of hydrogen-bond donors (Lipinski definition) is 2. The van der Waals surface area contributed by atoms with Crippen LogP contribution >= 0.6 is 11.3 Å². The summed E-state index contributed by atoms with van der Waals surface area (Å²) in [5.74, 6) is -0.503. The first-order chi connectivity index (χ1) is 14.6. The van der Waals surface area contributed by atoms with E-state index < -0.39 is 0 Å². The molecule has 0 spiro atoms. The Morgan fingerprint density at radius 1 is 1.03 bits per heavy atom. The van der Waals surface area contributed by atoms with Crippen molar-refractivity contribution in [2.24, 2.45) is 0 Å². The Kier molecular flexibility index (Phi) is 8.05. The van der Waals surface area contributed by atoms with Gasteiger partial charge in [0.15, 0.2) is 0 Å². The third kappa shape index (κ3) is 7.06. The number of carbonyl (C=O) groups excluding carboxylic acids is 2. The highest BCUT2D eigenvalue weighted by molar-refractivity contribution is 7.13. The van der Waals surface area contributed by atoms with Crippen LogP contribution in [0.5, 0.6) is 0 Å². The van der Waals surface area contributed by atoms with Crippen LogP contribution < -0.4 is 10.6 Å². The van der Waals surface area contributed by atoms with E-state index in [-0.39, 0.29) is 36.1 Å². The standard InChI is InChI=1S/C22H24N4O3S/c1-16(12-13-17-8-4-2-5-9-17)23-19(27)14-29-15-20-25-26-22(30-20)21(28)24-18-10-6-3-7-11-18/h2-11,16H,12-15H2,1H3,(H,23,27)(H,24,28)/t16-/m0/s1. The molecular formula is C22H24N4O3S. The average molecular weight is 425 g/mol. The lowest BCUT2D eigenvalue weighted by molar-refractivity contribution is -0.126. The van der Waals surface area contributed by atoms with Gasteiger partial charge in [-0.3, -0.25) is 9.59 Å². The fourth-order valence-electron chi connectivity index (χ4n) is 2.76. The molecule has 8 heteroatoms. The van der Waals surface area contributed by atoms with Gasteiger partial charge >= 0.3 is 0 Å². The topological polar surface area (TPSA) is 93.2 Å². The van der Waals surface area contributed by atoms with Gasteiger partial charge in [0.2, 0.25) is 10.9 Å². The molecule has 0 saturated carbocycles. The minimum Gasteiger partial charge on any atom is -0.364 e. The molecule has 3 aromatic rings. The molecule has 0 fully saturated rings. The highest BCUT2D eigenvalue weighted by Crippen LogP contribution is 2.14. The monoisotopic (exact) mass is 424 g/mol. The molecule has 2 aromatic carbocycles. The number of nitrogens with one attached hydrogen (secondary N) is 2. The lowest BCUT2D eigenvalue weighted by Crippen LogP contribution is -2.35. The van der Waals surface area contributed by atoms with E-state index in [0.29, 0.717) is 10.7 Å². The number of anilines is 1. The van der Waals surface area contributed by atoms with Crippen molar-refractivity contribution in [3.05, 3.63) is 76.2 Å². The average Bonchev–Trinajstić information content (AvgIpc) is 3.23. The summed E-state index contributed by atoms with van der Waals surface area (Å²) in [7, 11) is 0. The van der Waals surface area contributed by atoms with Gasteiger partial charge in [0.1, 0.15) is 18.2 Å². The third-order valence-corrected chi connectivity index (χ3v) is 5.16. The van der Waals surface area contributed by atoms with E-state index >= 15 is 0 Å². The van der Waals surface area contributed by atoms with Crippen molar-refractivity contribution >= 4 is 28.8 Å². The van der Waals surface area contributed by atoms with E-state index in [9.17, 15) is 9.59 Å². The molecule has 0 unspecified atom stereocenters. The Balaban J connectivity index is 1.35. The van der Waals surface area contributed by atoms with Crippen LogP contribution in [0.15, 0.2) is 60.7 Å². The maximum absolute atomic E-state index is 12.2. The van der Waals surface area contributed by atoms with Crippen molar-refractivity contribution in [2.75, 3.05) is 11.9 Å². The summed E-state index contributed by atoms with van der Waals surface area (Å²) in [6.07, 6.45) is 1.76. The molecule has 3 rings (SSSR count). The fourth-order valence-corrected chi connectivity index (χ4v) is 3.43. The molecule has 2 N–H and O–H groups in total. The molecule has 0 aliphatic heterocycles. The third-order valence-electron chi connectivity index (χ3n) is 4.27. The Labute approximate surface area is 179 Å². The van der Waals surface area contributed by atoms with Gasteiger partial charge in [-0.15, -0.1) is 10.2 Å². The van der Waals surface area contributed by atoms with Crippen LogP contribution in [0.25, 0.3) is 0 Å². The van der Waals surface area contributed by atoms with E-state index in [0.717, 1.165) is 24.2 Å². The molecule has 156 valence electrons.